The van der Waals surface area contributed by atoms with Crippen molar-refractivity contribution in [1.82, 2.24) is 15.3 Å². The first kappa shape index (κ1) is 21.8. The number of amides is 1. The fraction of sp³-hybridized carbons (Fsp3) is 0.240. The Labute approximate surface area is 196 Å². The Morgan fingerprint density at radius 2 is 2.09 bits per heavy atom. The van der Waals surface area contributed by atoms with E-state index in [1.807, 2.05) is 30.0 Å². The Morgan fingerprint density at radius 1 is 1.21 bits per heavy atom. The third kappa shape index (κ3) is 4.29. The van der Waals surface area contributed by atoms with Gasteiger partial charge in [-0.05, 0) is 55.0 Å². The normalized spacial score (nSPS) is 17.2. The fourth-order valence-electron chi connectivity index (χ4n) is 4.12. The number of halogens is 1. The number of nitrogens with zero attached hydrogens (tertiary/aromatic N) is 4. The third-order valence-electron chi connectivity index (χ3n) is 5.82. The van der Waals surface area contributed by atoms with Crippen LogP contribution >= 0.6 is 0 Å². The summed E-state index contributed by atoms with van der Waals surface area (Å²) in [5.74, 6) is 0.295. The van der Waals surface area contributed by atoms with Crippen LogP contribution in [0, 0.1) is 5.82 Å². The number of rotatable bonds is 5. The lowest BCUT2D eigenvalue weighted by atomic mass is 10.0. The van der Waals surface area contributed by atoms with Crippen molar-refractivity contribution in [2.24, 2.45) is 0 Å². The number of morpholine rings is 1. The van der Waals surface area contributed by atoms with Gasteiger partial charge in [0.2, 0.25) is 0 Å². The Bertz CT molecular complexity index is 1260. The molecule has 2 aliphatic heterocycles. The topological polar surface area (TPSA) is 93.5 Å². The highest BCUT2D eigenvalue weighted by molar-refractivity contribution is 6.05. The van der Waals surface area contributed by atoms with Crippen LogP contribution in [-0.4, -0.2) is 48.7 Å². The monoisotopic (exact) mass is 459 g/mol. The van der Waals surface area contributed by atoms with Gasteiger partial charge in [-0.2, -0.15) is 0 Å². The lowest BCUT2D eigenvalue weighted by Crippen LogP contribution is -2.41. The SMILES string of the molecule is CNc1ccc(-c2cc3c(c(Nc4ccc(N5CCO[C@H](C)C5)c(F)c4)n2)C(=O)[N]C=C3)cn1. The van der Waals surface area contributed by atoms with Gasteiger partial charge in [0.25, 0.3) is 5.91 Å². The highest BCUT2D eigenvalue weighted by Crippen LogP contribution is 2.32. The second kappa shape index (κ2) is 9.11. The molecule has 8 nitrogen and oxygen atoms in total. The van der Waals surface area contributed by atoms with E-state index in [2.05, 4.69) is 25.9 Å². The van der Waals surface area contributed by atoms with Crippen molar-refractivity contribution >= 4 is 35.0 Å². The van der Waals surface area contributed by atoms with E-state index in [0.717, 1.165) is 11.4 Å². The van der Waals surface area contributed by atoms with Crippen LogP contribution < -0.4 is 20.9 Å². The number of hydrogen-bond acceptors (Lipinski definition) is 7. The van der Waals surface area contributed by atoms with Crippen molar-refractivity contribution in [3.8, 4) is 11.3 Å². The summed E-state index contributed by atoms with van der Waals surface area (Å²) in [4.78, 5) is 23.6. The smallest absolute Gasteiger partial charge is 0.281 e. The predicted octanol–water partition coefficient (Wildman–Crippen LogP) is 4.02. The van der Waals surface area contributed by atoms with Crippen LogP contribution in [0.4, 0.5) is 27.4 Å². The van der Waals surface area contributed by atoms with Crippen molar-refractivity contribution in [2.75, 3.05) is 42.3 Å². The van der Waals surface area contributed by atoms with Gasteiger partial charge in [-0.25, -0.2) is 19.7 Å². The highest BCUT2D eigenvalue weighted by atomic mass is 19.1. The molecule has 0 bridgehead atoms. The van der Waals surface area contributed by atoms with Gasteiger partial charge in [-0.1, -0.05) is 0 Å². The van der Waals surface area contributed by atoms with Gasteiger partial charge in [-0.3, -0.25) is 4.79 Å². The summed E-state index contributed by atoms with van der Waals surface area (Å²) in [5, 5.41) is 10.0. The maximum Gasteiger partial charge on any atom is 0.281 e. The third-order valence-corrected chi connectivity index (χ3v) is 5.82. The Morgan fingerprint density at radius 3 is 2.82 bits per heavy atom. The summed E-state index contributed by atoms with van der Waals surface area (Å²) in [5.41, 5.74) is 3.46. The van der Waals surface area contributed by atoms with Crippen molar-refractivity contribution in [1.29, 1.82) is 0 Å². The van der Waals surface area contributed by atoms with E-state index in [4.69, 9.17) is 4.74 Å². The molecule has 5 rings (SSSR count). The summed E-state index contributed by atoms with van der Waals surface area (Å²) < 4.78 is 20.6. The van der Waals surface area contributed by atoms with Gasteiger partial charge in [0.05, 0.1) is 29.7 Å². The van der Waals surface area contributed by atoms with Crippen LogP contribution in [0.1, 0.15) is 22.8 Å². The Balaban J connectivity index is 1.49. The zero-order valence-corrected chi connectivity index (χ0v) is 18.9. The van der Waals surface area contributed by atoms with Gasteiger partial charge in [0, 0.05) is 43.8 Å². The second-order valence-electron chi connectivity index (χ2n) is 8.17. The quantitative estimate of drug-likeness (QED) is 0.595. The highest BCUT2D eigenvalue weighted by Gasteiger charge is 2.23. The Kier molecular flexibility index (Phi) is 5.85. The van der Waals surface area contributed by atoms with Gasteiger partial charge in [-0.15, -0.1) is 0 Å². The van der Waals surface area contributed by atoms with E-state index in [-0.39, 0.29) is 11.9 Å². The minimum absolute atomic E-state index is 0.0453. The summed E-state index contributed by atoms with van der Waals surface area (Å²) >= 11 is 0. The van der Waals surface area contributed by atoms with Crippen LogP contribution in [-0.2, 0) is 4.74 Å². The van der Waals surface area contributed by atoms with E-state index in [1.165, 1.54) is 12.3 Å². The minimum Gasteiger partial charge on any atom is -0.375 e. The number of benzene rings is 1. The van der Waals surface area contributed by atoms with Crippen LogP contribution in [0.2, 0.25) is 0 Å². The van der Waals surface area contributed by atoms with Gasteiger partial charge in [0.15, 0.2) is 0 Å². The molecule has 2 N–H and O–H groups in total. The standard InChI is InChI=1S/C25H24FN6O2/c1-15-14-32(9-10-34-15)21-5-4-18(12-19(21)26)30-24-23-16(7-8-28-25(23)33)11-20(31-24)17-3-6-22(27-2)29-13-17/h3-8,11-13,15H,9-10,14H2,1-2H3,(H,27,29)(H,30,31)/t15-/m1/s1. The summed E-state index contributed by atoms with van der Waals surface area (Å²) in [6, 6.07) is 10.5. The molecule has 2 aromatic heterocycles. The van der Waals surface area contributed by atoms with Gasteiger partial charge in [0.1, 0.15) is 17.5 Å². The number of pyridine rings is 2. The second-order valence-corrected chi connectivity index (χ2v) is 8.17. The summed E-state index contributed by atoms with van der Waals surface area (Å²) in [6.07, 6.45) is 4.98. The fourth-order valence-corrected chi connectivity index (χ4v) is 4.12. The number of fused-ring (bicyclic) bond motifs is 1. The molecular weight excluding hydrogens is 435 g/mol. The molecule has 1 fully saturated rings. The van der Waals surface area contributed by atoms with Gasteiger partial charge >= 0.3 is 0 Å². The lowest BCUT2D eigenvalue weighted by Gasteiger charge is -2.33. The molecule has 4 heterocycles. The summed E-state index contributed by atoms with van der Waals surface area (Å²) in [6.45, 7) is 3.80. The molecule has 3 aromatic rings. The van der Waals surface area contributed by atoms with E-state index < -0.39 is 5.91 Å². The molecule has 173 valence electrons. The molecule has 0 unspecified atom stereocenters. The molecule has 9 heteroatoms. The number of aromatic nitrogens is 2. The van der Waals surface area contributed by atoms with Crippen LogP contribution in [0.3, 0.4) is 0 Å². The summed E-state index contributed by atoms with van der Waals surface area (Å²) in [7, 11) is 1.80. The maximum atomic E-state index is 15.0. The molecule has 2 aliphatic rings. The number of carbonyl (C=O) groups excluding carboxylic acids is 1. The number of nitrogens with one attached hydrogen (secondary N) is 2. The van der Waals surface area contributed by atoms with Crippen LogP contribution in [0.5, 0.6) is 0 Å². The van der Waals surface area contributed by atoms with E-state index in [9.17, 15) is 4.79 Å². The number of hydrogen-bond donors (Lipinski definition) is 2. The van der Waals surface area contributed by atoms with Gasteiger partial charge < -0.3 is 20.3 Å². The minimum atomic E-state index is -0.401. The lowest BCUT2D eigenvalue weighted by molar-refractivity contribution is 0.0530. The average molecular weight is 460 g/mol. The maximum absolute atomic E-state index is 15.0. The molecule has 1 aromatic carbocycles. The molecule has 0 spiro atoms. The van der Waals surface area contributed by atoms with E-state index >= 15 is 4.39 Å². The molecule has 0 aliphatic carbocycles. The number of ether oxygens (including phenoxy) is 1. The van der Waals surface area contributed by atoms with Crippen molar-refractivity contribution in [3.05, 3.63) is 65.7 Å². The zero-order chi connectivity index (χ0) is 23.7. The molecule has 1 amide bonds. The number of anilines is 4. The molecule has 1 saturated heterocycles. The average Bonchev–Trinajstić information content (AvgIpc) is 2.84. The van der Waals surface area contributed by atoms with Crippen LogP contribution in [0.15, 0.2) is 48.8 Å². The molecule has 0 saturated carbocycles. The van der Waals surface area contributed by atoms with Crippen molar-refractivity contribution in [2.45, 2.75) is 13.0 Å². The molecular formula is C25H24FN6O2. The molecule has 1 radical (unpaired) electrons. The first-order chi connectivity index (χ1) is 16.5. The first-order valence-corrected chi connectivity index (χ1v) is 11.1. The van der Waals surface area contributed by atoms with Crippen molar-refractivity contribution < 1.29 is 13.9 Å². The zero-order valence-electron chi connectivity index (χ0n) is 18.9. The largest absolute Gasteiger partial charge is 0.375 e. The predicted molar refractivity (Wildman–Crippen MR) is 130 cm³/mol. The first-order valence-electron chi connectivity index (χ1n) is 11.1. The van der Waals surface area contributed by atoms with E-state index in [1.54, 1.807) is 31.5 Å². The Hall–Kier alpha value is -3.98. The van der Waals surface area contributed by atoms with E-state index in [0.29, 0.717) is 53.7 Å². The molecule has 1 atom stereocenters. The number of carbonyl (C=O) groups is 1. The molecule has 34 heavy (non-hydrogen) atoms. The van der Waals surface area contributed by atoms with Crippen LogP contribution in [0.25, 0.3) is 17.3 Å². The van der Waals surface area contributed by atoms with Crippen molar-refractivity contribution in [3.63, 3.8) is 0 Å².